The maximum absolute atomic E-state index is 12.8. The molecule has 1 aromatic rings. The maximum Gasteiger partial charge on any atom is 0.145 e. The fourth-order valence-corrected chi connectivity index (χ4v) is 1.10. The van der Waals surface area contributed by atoms with E-state index in [9.17, 15) is 4.39 Å². The van der Waals surface area contributed by atoms with Crippen LogP contribution in [0.25, 0.3) is 0 Å². The van der Waals surface area contributed by atoms with Crippen LogP contribution in [0.5, 0.6) is 0 Å². The predicted octanol–water partition coefficient (Wildman–Crippen LogP) is 2.82. The Morgan fingerprint density at radius 2 is 2.00 bits per heavy atom. The third-order valence-electron chi connectivity index (χ3n) is 1.49. The number of nitrogens with one attached hydrogen (secondary N) is 1. The Labute approximate surface area is 91.0 Å². The van der Waals surface area contributed by atoms with Gasteiger partial charge in [0.25, 0.3) is 0 Å². The van der Waals surface area contributed by atoms with E-state index in [0.717, 1.165) is 6.07 Å². The lowest BCUT2D eigenvalue weighted by molar-refractivity contribution is 0.628. The van der Waals surface area contributed by atoms with Gasteiger partial charge in [-0.15, -0.1) is 0 Å². The summed E-state index contributed by atoms with van der Waals surface area (Å²) in [7, 11) is 0. The molecular formula is C10H5ClFN3. The first-order valence-corrected chi connectivity index (χ1v) is 4.26. The molecule has 0 amide bonds. The lowest BCUT2D eigenvalue weighted by Gasteiger charge is -2.01. The van der Waals surface area contributed by atoms with Gasteiger partial charge in [-0.05, 0) is 18.2 Å². The lowest BCUT2D eigenvalue weighted by Crippen LogP contribution is -1.90. The van der Waals surface area contributed by atoms with Crippen molar-refractivity contribution >= 4 is 17.3 Å². The van der Waals surface area contributed by atoms with Crippen molar-refractivity contribution in [3.63, 3.8) is 0 Å². The first kappa shape index (κ1) is 11.0. The molecule has 1 N–H and O–H groups in total. The summed E-state index contributed by atoms with van der Waals surface area (Å²) < 4.78 is 12.8. The highest BCUT2D eigenvalue weighted by atomic mass is 35.5. The van der Waals surface area contributed by atoms with Crippen LogP contribution in [0.2, 0.25) is 5.02 Å². The van der Waals surface area contributed by atoms with Crippen LogP contribution in [-0.4, -0.2) is 0 Å². The second-order valence-corrected chi connectivity index (χ2v) is 3.02. The Kier molecular flexibility index (Phi) is 3.68. The van der Waals surface area contributed by atoms with Crippen LogP contribution >= 0.6 is 11.6 Å². The van der Waals surface area contributed by atoms with Crippen LogP contribution < -0.4 is 5.32 Å². The van der Waals surface area contributed by atoms with Crippen molar-refractivity contribution in [1.29, 1.82) is 10.5 Å². The zero-order valence-electron chi connectivity index (χ0n) is 7.46. The molecule has 74 valence electrons. The Morgan fingerprint density at radius 3 is 2.53 bits per heavy atom. The predicted molar refractivity (Wildman–Crippen MR) is 54.3 cm³/mol. The fourth-order valence-electron chi connectivity index (χ4n) is 0.882. The molecule has 0 atom stereocenters. The molecule has 0 heterocycles. The van der Waals surface area contributed by atoms with Crippen molar-refractivity contribution in [3.05, 3.63) is 40.8 Å². The topological polar surface area (TPSA) is 59.6 Å². The molecule has 0 fully saturated rings. The maximum atomic E-state index is 12.8. The van der Waals surface area contributed by atoms with Crippen molar-refractivity contribution in [2.24, 2.45) is 0 Å². The van der Waals surface area contributed by atoms with Crippen LogP contribution in [-0.2, 0) is 0 Å². The third kappa shape index (κ3) is 3.30. The second kappa shape index (κ2) is 4.99. The highest BCUT2D eigenvalue weighted by Gasteiger charge is 1.98. The summed E-state index contributed by atoms with van der Waals surface area (Å²) in [5, 5.41) is 19.7. The number of nitriles is 2. The number of nitrogens with zero attached hydrogens (tertiary/aromatic N) is 2. The molecule has 1 aromatic carbocycles. The molecule has 0 aliphatic rings. The Bertz CT molecular complexity index is 446. The normalized spacial score (nSPS) is 8.53. The monoisotopic (exact) mass is 221 g/mol. The molecule has 0 spiro atoms. The third-order valence-corrected chi connectivity index (χ3v) is 1.70. The number of allylic oxidation sites excluding steroid dienone is 1. The Morgan fingerprint density at radius 1 is 1.33 bits per heavy atom. The first-order chi connectivity index (χ1) is 7.15. The van der Waals surface area contributed by atoms with E-state index in [-0.39, 0.29) is 10.6 Å². The first-order valence-electron chi connectivity index (χ1n) is 3.88. The molecule has 0 saturated carbocycles. The molecule has 0 aliphatic heterocycles. The molecule has 1 rings (SSSR count). The van der Waals surface area contributed by atoms with Gasteiger partial charge >= 0.3 is 0 Å². The molecule has 5 heteroatoms. The molecule has 0 saturated heterocycles. The quantitative estimate of drug-likeness (QED) is 0.782. The summed E-state index contributed by atoms with van der Waals surface area (Å²) in [5.74, 6) is -0.492. The molecule has 0 aromatic heterocycles. The van der Waals surface area contributed by atoms with E-state index < -0.39 is 5.82 Å². The van der Waals surface area contributed by atoms with E-state index in [0.29, 0.717) is 5.69 Å². The summed E-state index contributed by atoms with van der Waals surface area (Å²) >= 11 is 5.60. The van der Waals surface area contributed by atoms with E-state index in [1.165, 1.54) is 18.3 Å². The van der Waals surface area contributed by atoms with E-state index in [4.69, 9.17) is 22.1 Å². The standard InChI is InChI=1S/C10H5ClFN3/c11-8-1-9(12)3-10(2-8)15-6-7(4-13)5-14/h1-3,6,15H. The molecular weight excluding hydrogens is 217 g/mol. The SMILES string of the molecule is N#CC(C#N)=CNc1cc(F)cc(Cl)c1. The number of hydrogen-bond donors (Lipinski definition) is 1. The van der Waals surface area contributed by atoms with Gasteiger partial charge in [0.1, 0.15) is 23.5 Å². The van der Waals surface area contributed by atoms with Gasteiger partial charge in [0.2, 0.25) is 0 Å². The van der Waals surface area contributed by atoms with Crippen molar-refractivity contribution < 1.29 is 4.39 Å². The van der Waals surface area contributed by atoms with Gasteiger partial charge in [-0.3, -0.25) is 0 Å². The van der Waals surface area contributed by atoms with Crippen molar-refractivity contribution in [1.82, 2.24) is 0 Å². The van der Waals surface area contributed by atoms with Gasteiger partial charge in [0, 0.05) is 16.9 Å². The Balaban J connectivity index is 2.88. The average molecular weight is 222 g/mol. The Hall–Kier alpha value is -2.04. The number of rotatable bonds is 2. The summed E-state index contributed by atoms with van der Waals surface area (Å²) in [4.78, 5) is 0. The van der Waals surface area contributed by atoms with Crippen molar-refractivity contribution in [3.8, 4) is 12.1 Å². The summed E-state index contributed by atoms with van der Waals surface area (Å²) in [5.41, 5.74) is 0.276. The minimum atomic E-state index is -0.492. The van der Waals surface area contributed by atoms with Crippen LogP contribution in [0.1, 0.15) is 0 Å². The molecule has 3 nitrogen and oxygen atoms in total. The molecule has 0 aliphatic carbocycles. The molecule has 15 heavy (non-hydrogen) atoms. The largest absolute Gasteiger partial charge is 0.360 e. The van der Waals surface area contributed by atoms with Gasteiger partial charge in [0.15, 0.2) is 0 Å². The number of hydrogen-bond acceptors (Lipinski definition) is 3. The minimum Gasteiger partial charge on any atom is -0.360 e. The van der Waals surface area contributed by atoms with Gasteiger partial charge in [-0.25, -0.2) is 4.39 Å². The van der Waals surface area contributed by atoms with Crippen LogP contribution in [0.15, 0.2) is 30.0 Å². The molecule has 0 unspecified atom stereocenters. The fraction of sp³-hybridized carbons (Fsp3) is 0. The van der Waals surface area contributed by atoms with Crippen molar-refractivity contribution in [2.45, 2.75) is 0 Å². The molecule has 0 bridgehead atoms. The van der Waals surface area contributed by atoms with Crippen LogP contribution in [0.3, 0.4) is 0 Å². The second-order valence-electron chi connectivity index (χ2n) is 2.58. The number of anilines is 1. The van der Waals surface area contributed by atoms with Crippen LogP contribution in [0.4, 0.5) is 10.1 Å². The summed E-state index contributed by atoms with van der Waals surface area (Å²) in [6.07, 6.45) is 1.19. The highest BCUT2D eigenvalue weighted by Crippen LogP contribution is 2.18. The van der Waals surface area contributed by atoms with Gasteiger partial charge in [-0.2, -0.15) is 10.5 Å². The highest BCUT2D eigenvalue weighted by molar-refractivity contribution is 6.30. The van der Waals surface area contributed by atoms with E-state index in [2.05, 4.69) is 5.32 Å². The number of halogens is 2. The average Bonchev–Trinajstić information content (AvgIpc) is 2.18. The van der Waals surface area contributed by atoms with E-state index >= 15 is 0 Å². The van der Waals surface area contributed by atoms with Gasteiger partial charge in [-0.1, -0.05) is 11.6 Å². The lowest BCUT2D eigenvalue weighted by atomic mass is 10.3. The summed E-state index contributed by atoms with van der Waals surface area (Å²) in [6.45, 7) is 0. The van der Waals surface area contributed by atoms with E-state index in [1.807, 2.05) is 0 Å². The number of benzene rings is 1. The van der Waals surface area contributed by atoms with Crippen LogP contribution in [0, 0.1) is 28.5 Å². The summed E-state index contributed by atoms with van der Waals surface area (Å²) in [6, 6.07) is 7.17. The zero-order chi connectivity index (χ0) is 11.3. The smallest absolute Gasteiger partial charge is 0.145 e. The molecule has 0 radical (unpaired) electrons. The van der Waals surface area contributed by atoms with Gasteiger partial charge in [0.05, 0.1) is 0 Å². The van der Waals surface area contributed by atoms with Gasteiger partial charge < -0.3 is 5.32 Å². The van der Waals surface area contributed by atoms with E-state index in [1.54, 1.807) is 12.1 Å². The van der Waals surface area contributed by atoms with Crippen molar-refractivity contribution in [2.75, 3.05) is 5.32 Å². The zero-order valence-corrected chi connectivity index (χ0v) is 8.22. The minimum absolute atomic E-state index is 0.101.